The molecule has 3 rings (SSSR count). The quantitative estimate of drug-likeness (QED) is 0.921. The van der Waals surface area contributed by atoms with Crippen molar-refractivity contribution < 1.29 is 4.79 Å². The van der Waals surface area contributed by atoms with E-state index < -0.39 is 0 Å². The molecule has 0 spiro atoms. The molecule has 4 heteroatoms. The van der Waals surface area contributed by atoms with Gasteiger partial charge in [0.15, 0.2) is 0 Å². The number of nitrogens with zero attached hydrogens (tertiary/aromatic N) is 2. The van der Waals surface area contributed by atoms with Gasteiger partial charge in [-0.2, -0.15) is 0 Å². The van der Waals surface area contributed by atoms with Gasteiger partial charge in [-0.25, -0.2) is 4.98 Å². The van der Waals surface area contributed by atoms with Gasteiger partial charge >= 0.3 is 0 Å². The third-order valence-electron chi connectivity index (χ3n) is 4.85. The van der Waals surface area contributed by atoms with Gasteiger partial charge in [-0.1, -0.05) is 25.1 Å². The van der Waals surface area contributed by atoms with Crippen LogP contribution in [0.3, 0.4) is 0 Å². The maximum Gasteiger partial charge on any atom is 0.274 e. The number of piperidine rings is 1. The van der Waals surface area contributed by atoms with Gasteiger partial charge < -0.3 is 10.2 Å². The minimum atomic E-state index is -0.161. The molecular formula is C20H25N3O. The number of benzene rings is 1. The molecule has 1 fully saturated rings. The van der Waals surface area contributed by atoms with E-state index in [-0.39, 0.29) is 5.91 Å². The lowest BCUT2D eigenvalue weighted by molar-refractivity contribution is 0.102. The van der Waals surface area contributed by atoms with E-state index in [0.717, 1.165) is 41.5 Å². The molecule has 0 atom stereocenters. The number of anilines is 2. The van der Waals surface area contributed by atoms with Gasteiger partial charge in [0.25, 0.3) is 5.91 Å². The van der Waals surface area contributed by atoms with Crippen molar-refractivity contribution in [1.29, 1.82) is 0 Å². The van der Waals surface area contributed by atoms with E-state index in [1.54, 1.807) is 0 Å². The fraction of sp³-hybridized carbons (Fsp3) is 0.400. The zero-order chi connectivity index (χ0) is 17.1. The highest BCUT2D eigenvalue weighted by Crippen LogP contribution is 2.23. The summed E-state index contributed by atoms with van der Waals surface area (Å²) in [5, 5.41) is 2.98. The Hall–Kier alpha value is -2.36. The molecule has 0 radical (unpaired) electrons. The van der Waals surface area contributed by atoms with Crippen molar-refractivity contribution in [2.75, 3.05) is 23.3 Å². The molecule has 0 bridgehead atoms. The maximum absolute atomic E-state index is 12.5. The van der Waals surface area contributed by atoms with Crippen molar-refractivity contribution in [3.63, 3.8) is 0 Å². The number of carbonyl (C=O) groups is 1. The van der Waals surface area contributed by atoms with E-state index in [9.17, 15) is 4.79 Å². The van der Waals surface area contributed by atoms with Crippen LogP contribution in [-0.4, -0.2) is 24.0 Å². The van der Waals surface area contributed by atoms with Gasteiger partial charge in [0.1, 0.15) is 5.69 Å². The molecule has 4 nitrogen and oxygen atoms in total. The van der Waals surface area contributed by atoms with E-state index in [2.05, 4.69) is 22.1 Å². The first-order valence-electron chi connectivity index (χ1n) is 8.63. The van der Waals surface area contributed by atoms with Crippen molar-refractivity contribution in [3.8, 4) is 0 Å². The van der Waals surface area contributed by atoms with Crippen molar-refractivity contribution in [3.05, 3.63) is 53.3 Å². The molecule has 1 amide bonds. The Morgan fingerprint density at radius 1 is 1.12 bits per heavy atom. The summed E-state index contributed by atoms with van der Waals surface area (Å²) in [7, 11) is 0. The van der Waals surface area contributed by atoms with Crippen LogP contribution in [0.15, 0.2) is 36.5 Å². The summed E-state index contributed by atoms with van der Waals surface area (Å²) in [6.07, 6.45) is 4.25. The first-order chi connectivity index (χ1) is 11.5. The molecule has 1 aromatic heterocycles. The van der Waals surface area contributed by atoms with Gasteiger partial charge in [-0.05, 0) is 55.9 Å². The zero-order valence-corrected chi connectivity index (χ0v) is 14.7. The largest absolute Gasteiger partial charge is 0.370 e. The third kappa shape index (κ3) is 3.58. The van der Waals surface area contributed by atoms with Crippen molar-refractivity contribution in [2.24, 2.45) is 5.92 Å². The summed E-state index contributed by atoms with van der Waals surface area (Å²) in [4.78, 5) is 19.2. The number of hydrogen-bond acceptors (Lipinski definition) is 3. The lowest BCUT2D eigenvalue weighted by atomic mass is 9.99. The summed E-state index contributed by atoms with van der Waals surface area (Å²) in [5.41, 5.74) is 4.54. The minimum absolute atomic E-state index is 0.161. The van der Waals surface area contributed by atoms with Gasteiger partial charge in [-0.15, -0.1) is 0 Å². The summed E-state index contributed by atoms with van der Waals surface area (Å²) in [6.45, 7) is 8.43. The molecule has 0 aliphatic carbocycles. The number of carbonyl (C=O) groups excluding carboxylic acids is 1. The summed E-state index contributed by atoms with van der Waals surface area (Å²) >= 11 is 0. The SMILES string of the molecule is Cc1cccc(C)c1NC(=O)c1ccc(N2CCC(C)CC2)cn1. The van der Waals surface area contributed by atoms with Crippen molar-refractivity contribution in [1.82, 2.24) is 4.98 Å². The van der Waals surface area contributed by atoms with Crippen LogP contribution in [0.2, 0.25) is 0 Å². The van der Waals surface area contributed by atoms with E-state index in [4.69, 9.17) is 0 Å². The predicted molar refractivity (Wildman–Crippen MR) is 98.7 cm³/mol. The molecule has 1 aliphatic rings. The molecule has 1 aromatic carbocycles. The summed E-state index contributed by atoms with van der Waals surface area (Å²) < 4.78 is 0. The Labute approximate surface area is 143 Å². The number of nitrogens with one attached hydrogen (secondary N) is 1. The second-order valence-electron chi connectivity index (χ2n) is 6.79. The number of rotatable bonds is 3. The van der Waals surface area contributed by atoms with E-state index in [0.29, 0.717) is 5.69 Å². The number of hydrogen-bond donors (Lipinski definition) is 1. The number of pyridine rings is 1. The molecule has 2 aromatic rings. The Bertz CT molecular complexity index is 696. The molecule has 126 valence electrons. The molecule has 2 heterocycles. The second-order valence-corrected chi connectivity index (χ2v) is 6.79. The Morgan fingerprint density at radius 3 is 2.38 bits per heavy atom. The van der Waals surface area contributed by atoms with Crippen molar-refractivity contribution >= 4 is 17.3 Å². The smallest absolute Gasteiger partial charge is 0.274 e. The van der Waals surface area contributed by atoms with Crippen LogP contribution >= 0.6 is 0 Å². The van der Waals surface area contributed by atoms with Gasteiger partial charge in [-0.3, -0.25) is 4.79 Å². The molecule has 1 saturated heterocycles. The highest BCUT2D eigenvalue weighted by molar-refractivity contribution is 6.03. The normalized spacial score (nSPS) is 15.4. The molecule has 0 unspecified atom stereocenters. The van der Waals surface area contributed by atoms with Crippen LogP contribution in [0, 0.1) is 19.8 Å². The topological polar surface area (TPSA) is 45.2 Å². The fourth-order valence-corrected chi connectivity index (χ4v) is 3.16. The second kappa shape index (κ2) is 7.04. The zero-order valence-electron chi connectivity index (χ0n) is 14.7. The van der Waals surface area contributed by atoms with Gasteiger partial charge in [0, 0.05) is 18.8 Å². The van der Waals surface area contributed by atoms with Crippen LogP contribution in [-0.2, 0) is 0 Å². The average molecular weight is 323 g/mol. The maximum atomic E-state index is 12.5. The van der Waals surface area contributed by atoms with Crippen LogP contribution in [0.4, 0.5) is 11.4 Å². The molecule has 1 N–H and O–H groups in total. The van der Waals surface area contributed by atoms with Gasteiger partial charge in [0.05, 0.1) is 11.9 Å². The predicted octanol–water partition coefficient (Wildman–Crippen LogP) is 4.19. The Balaban J connectivity index is 1.70. The number of aromatic nitrogens is 1. The Kier molecular flexibility index (Phi) is 4.84. The van der Waals surface area contributed by atoms with E-state index in [1.165, 1.54) is 12.8 Å². The van der Waals surface area contributed by atoms with Crippen LogP contribution < -0.4 is 10.2 Å². The standard InChI is InChI=1S/C20H25N3O/c1-14-9-11-23(12-10-14)17-7-8-18(21-13-17)20(24)22-19-15(2)5-4-6-16(19)3/h4-8,13-14H,9-12H2,1-3H3,(H,22,24). The lowest BCUT2D eigenvalue weighted by Crippen LogP contribution is -2.32. The number of para-hydroxylation sites is 1. The van der Waals surface area contributed by atoms with Crippen LogP contribution in [0.25, 0.3) is 0 Å². The van der Waals surface area contributed by atoms with Crippen LogP contribution in [0.1, 0.15) is 41.4 Å². The van der Waals surface area contributed by atoms with E-state index >= 15 is 0 Å². The van der Waals surface area contributed by atoms with E-state index in [1.807, 2.05) is 50.4 Å². The first-order valence-corrected chi connectivity index (χ1v) is 8.63. The summed E-state index contributed by atoms with van der Waals surface area (Å²) in [6, 6.07) is 9.80. The molecular weight excluding hydrogens is 298 g/mol. The third-order valence-corrected chi connectivity index (χ3v) is 4.85. The fourth-order valence-electron chi connectivity index (χ4n) is 3.16. The molecule has 1 aliphatic heterocycles. The minimum Gasteiger partial charge on any atom is -0.370 e. The number of amides is 1. The highest BCUT2D eigenvalue weighted by Gasteiger charge is 2.17. The Morgan fingerprint density at radius 2 is 1.79 bits per heavy atom. The lowest BCUT2D eigenvalue weighted by Gasteiger charge is -2.31. The monoisotopic (exact) mass is 323 g/mol. The van der Waals surface area contributed by atoms with Gasteiger partial charge in [0.2, 0.25) is 0 Å². The average Bonchev–Trinajstić information content (AvgIpc) is 2.59. The number of aryl methyl sites for hydroxylation is 2. The highest BCUT2D eigenvalue weighted by atomic mass is 16.1. The summed E-state index contributed by atoms with van der Waals surface area (Å²) in [5.74, 6) is 0.642. The molecule has 0 saturated carbocycles. The first kappa shape index (κ1) is 16.5. The van der Waals surface area contributed by atoms with Crippen molar-refractivity contribution in [2.45, 2.75) is 33.6 Å². The molecule has 24 heavy (non-hydrogen) atoms. The van der Waals surface area contributed by atoms with Crippen LogP contribution in [0.5, 0.6) is 0 Å².